The fourth-order valence-electron chi connectivity index (χ4n) is 1.92. The molecule has 2 nitrogen and oxygen atoms in total. The van der Waals surface area contributed by atoms with E-state index in [0.717, 1.165) is 18.7 Å². The summed E-state index contributed by atoms with van der Waals surface area (Å²) in [5, 5.41) is 5.71. The smallest absolute Gasteiger partial charge is 0.134 e. The Morgan fingerprint density at radius 2 is 2.26 bits per heavy atom. The van der Waals surface area contributed by atoms with Crippen LogP contribution in [0.2, 0.25) is 0 Å². The Morgan fingerprint density at radius 3 is 2.84 bits per heavy atom. The maximum absolute atomic E-state index is 5.47. The zero-order valence-corrected chi connectivity index (χ0v) is 14.5. The van der Waals surface area contributed by atoms with Crippen LogP contribution in [-0.2, 0) is 0 Å². The number of nitrogens with one attached hydrogen (secondary N) is 1. The Hall–Kier alpha value is -0.360. The van der Waals surface area contributed by atoms with Gasteiger partial charge in [-0.1, -0.05) is 6.92 Å². The van der Waals surface area contributed by atoms with Crippen LogP contribution >= 0.6 is 38.6 Å². The molecule has 1 unspecified atom stereocenters. The SMILES string of the molecule is CCCNC(c1cc(Br)c(C)s1)c1sccc1OC. The third-order valence-corrected chi connectivity index (χ3v) is 6.06. The van der Waals surface area contributed by atoms with Gasteiger partial charge >= 0.3 is 0 Å². The van der Waals surface area contributed by atoms with E-state index >= 15 is 0 Å². The van der Waals surface area contributed by atoms with Crippen LogP contribution in [0, 0.1) is 6.92 Å². The summed E-state index contributed by atoms with van der Waals surface area (Å²) in [6.07, 6.45) is 1.12. The topological polar surface area (TPSA) is 21.3 Å². The van der Waals surface area contributed by atoms with E-state index in [1.54, 1.807) is 18.4 Å². The van der Waals surface area contributed by atoms with E-state index < -0.39 is 0 Å². The third kappa shape index (κ3) is 3.40. The summed E-state index contributed by atoms with van der Waals surface area (Å²) in [7, 11) is 1.73. The molecule has 0 aliphatic carbocycles. The van der Waals surface area contributed by atoms with Crippen molar-refractivity contribution >= 4 is 38.6 Å². The number of ether oxygens (including phenoxy) is 1. The van der Waals surface area contributed by atoms with Crippen molar-refractivity contribution in [2.75, 3.05) is 13.7 Å². The number of hydrogen-bond acceptors (Lipinski definition) is 4. The summed E-state index contributed by atoms with van der Waals surface area (Å²) in [6, 6.07) is 4.48. The highest BCUT2D eigenvalue weighted by atomic mass is 79.9. The van der Waals surface area contributed by atoms with Crippen LogP contribution < -0.4 is 10.1 Å². The molecular weight excluding hydrogens is 342 g/mol. The minimum Gasteiger partial charge on any atom is -0.496 e. The van der Waals surface area contributed by atoms with E-state index in [1.165, 1.54) is 19.1 Å². The van der Waals surface area contributed by atoms with Crippen LogP contribution in [0.15, 0.2) is 22.0 Å². The molecule has 0 aliphatic rings. The van der Waals surface area contributed by atoms with E-state index in [4.69, 9.17) is 4.74 Å². The normalized spacial score (nSPS) is 12.6. The molecule has 2 aromatic heterocycles. The summed E-state index contributed by atoms with van der Waals surface area (Å²) in [5.41, 5.74) is 0. The largest absolute Gasteiger partial charge is 0.496 e. The summed E-state index contributed by atoms with van der Waals surface area (Å²) >= 11 is 7.18. The van der Waals surface area contributed by atoms with Crippen molar-refractivity contribution in [1.82, 2.24) is 5.32 Å². The molecule has 2 aromatic rings. The first kappa shape index (κ1) is 15.0. The molecule has 0 saturated heterocycles. The van der Waals surface area contributed by atoms with Gasteiger partial charge in [0.1, 0.15) is 5.75 Å². The summed E-state index contributed by atoms with van der Waals surface area (Å²) in [4.78, 5) is 3.90. The van der Waals surface area contributed by atoms with Gasteiger partial charge in [-0.25, -0.2) is 0 Å². The Morgan fingerprint density at radius 1 is 1.47 bits per heavy atom. The lowest BCUT2D eigenvalue weighted by molar-refractivity contribution is 0.407. The highest BCUT2D eigenvalue weighted by molar-refractivity contribution is 9.10. The van der Waals surface area contributed by atoms with Crippen LogP contribution in [0.3, 0.4) is 0 Å². The Balaban J connectivity index is 2.35. The standard InChI is InChI=1S/C14H18BrNOS2/c1-4-6-16-13(12-8-10(15)9(2)19-12)14-11(17-3)5-7-18-14/h5,7-8,13,16H,4,6H2,1-3H3. The van der Waals surface area contributed by atoms with Gasteiger partial charge in [-0.05, 0) is 53.3 Å². The quantitative estimate of drug-likeness (QED) is 0.785. The molecule has 19 heavy (non-hydrogen) atoms. The van der Waals surface area contributed by atoms with Crippen molar-refractivity contribution < 1.29 is 4.74 Å². The number of thiophene rings is 2. The van der Waals surface area contributed by atoms with Gasteiger partial charge in [0.15, 0.2) is 0 Å². The lowest BCUT2D eigenvalue weighted by atomic mass is 10.2. The molecule has 0 aromatic carbocycles. The Bertz CT molecular complexity index is 516. The van der Waals surface area contributed by atoms with Crippen molar-refractivity contribution in [1.29, 1.82) is 0 Å². The molecule has 5 heteroatoms. The summed E-state index contributed by atoms with van der Waals surface area (Å²) < 4.78 is 6.65. The van der Waals surface area contributed by atoms with Gasteiger partial charge in [-0.15, -0.1) is 22.7 Å². The second kappa shape index (κ2) is 6.88. The molecule has 2 heterocycles. The van der Waals surface area contributed by atoms with E-state index in [1.807, 2.05) is 17.4 Å². The van der Waals surface area contributed by atoms with E-state index in [9.17, 15) is 0 Å². The van der Waals surface area contributed by atoms with Gasteiger partial charge in [0, 0.05) is 14.2 Å². The van der Waals surface area contributed by atoms with Gasteiger partial charge in [-0.3, -0.25) is 0 Å². The first-order valence-electron chi connectivity index (χ1n) is 6.28. The predicted molar refractivity (Wildman–Crippen MR) is 87.8 cm³/mol. The van der Waals surface area contributed by atoms with E-state index in [-0.39, 0.29) is 6.04 Å². The molecule has 0 spiro atoms. The van der Waals surface area contributed by atoms with Crippen molar-refractivity contribution in [2.24, 2.45) is 0 Å². The molecular formula is C14H18BrNOS2. The van der Waals surface area contributed by atoms with Gasteiger partial charge < -0.3 is 10.1 Å². The fraction of sp³-hybridized carbons (Fsp3) is 0.429. The molecule has 2 rings (SSSR count). The second-order valence-corrected chi connectivity index (χ2v) is 7.38. The van der Waals surface area contributed by atoms with Gasteiger partial charge in [-0.2, -0.15) is 0 Å². The van der Waals surface area contributed by atoms with Crippen LogP contribution in [0.1, 0.15) is 34.0 Å². The average molecular weight is 360 g/mol. The molecule has 0 fully saturated rings. The third-order valence-electron chi connectivity index (χ3n) is 2.90. The van der Waals surface area contributed by atoms with Crippen molar-refractivity contribution in [3.8, 4) is 5.75 Å². The maximum Gasteiger partial charge on any atom is 0.134 e. The van der Waals surface area contributed by atoms with Crippen molar-refractivity contribution in [3.63, 3.8) is 0 Å². The van der Waals surface area contributed by atoms with Crippen LogP contribution in [0.4, 0.5) is 0 Å². The number of methoxy groups -OCH3 is 1. The molecule has 0 amide bonds. The minimum absolute atomic E-state index is 0.227. The first-order chi connectivity index (χ1) is 9.17. The summed E-state index contributed by atoms with van der Waals surface area (Å²) in [6.45, 7) is 5.33. The van der Waals surface area contributed by atoms with Gasteiger partial charge in [0.2, 0.25) is 0 Å². The summed E-state index contributed by atoms with van der Waals surface area (Å²) in [5.74, 6) is 0.973. The lowest BCUT2D eigenvalue weighted by Crippen LogP contribution is -2.21. The predicted octanol–water partition coefficient (Wildman–Crippen LogP) is 4.98. The average Bonchev–Trinajstić information content (AvgIpc) is 2.98. The highest BCUT2D eigenvalue weighted by Gasteiger charge is 2.21. The minimum atomic E-state index is 0.227. The zero-order chi connectivity index (χ0) is 13.8. The fourth-order valence-corrected chi connectivity index (χ4v) is 4.60. The van der Waals surface area contributed by atoms with Crippen LogP contribution in [0.5, 0.6) is 5.75 Å². The van der Waals surface area contributed by atoms with Crippen LogP contribution in [-0.4, -0.2) is 13.7 Å². The maximum atomic E-state index is 5.47. The van der Waals surface area contributed by atoms with Gasteiger partial charge in [0.05, 0.1) is 18.0 Å². The Kier molecular flexibility index (Phi) is 5.45. The molecule has 0 radical (unpaired) electrons. The second-order valence-electron chi connectivity index (χ2n) is 4.29. The lowest BCUT2D eigenvalue weighted by Gasteiger charge is -2.17. The van der Waals surface area contributed by atoms with Crippen LogP contribution in [0.25, 0.3) is 0 Å². The van der Waals surface area contributed by atoms with E-state index in [0.29, 0.717) is 0 Å². The molecule has 1 atom stereocenters. The molecule has 104 valence electrons. The highest BCUT2D eigenvalue weighted by Crippen LogP contribution is 2.39. The van der Waals surface area contributed by atoms with Crippen molar-refractivity contribution in [3.05, 3.63) is 36.6 Å². The molecule has 0 saturated carbocycles. The Labute approximate surface area is 130 Å². The number of halogens is 1. The molecule has 1 N–H and O–H groups in total. The first-order valence-corrected chi connectivity index (χ1v) is 8.76. The number of aryl methyl sites for hydroxylation is 1. The van der Waals surface area contributed by atoms with E-state index in [2.05, 4.69) is 46.5 Å². The molecule has 0 bridgehead atoms. The number of rotatable bonds is 6. The zero-order valence-electron chi connectivity index (χ0n) is 11.3. The number of hydrogen-bond donors (Lipinski definition) is 1. The molecule has 0 aliphatic heterocycles. The van der Waals surface area contributed by atoms with Crippen molar-refractivity contribution in [2.45, 2.75) is 26.3 Å². The monoisotopic (exact) mass is 359 g/mol. The van der Waals surface area contributed by atoms with Gasteiger partial charge in [0.25, 0.3) is 0 Å².